The molecule has 0 spiro atoms. The molecule has 178 valence electrons. The molecule has 33 heavy (non-hydrogen) atoms. The van der Waals surface area contributed by atoms with Gasteiger partial charge in [-0.25, -0.2) is 9.97 Å². The predicted octanol–water partition coefficient (Wildman–Crippen LogP) is 2.98. The maximum atomic E-state index is 12.6. The highest BCUT2D eigenvalue weighted by atomic mass is 35.5. The molecule has 10 heteroatoms. The van der Waals surface area contributed by atoms with Gasteiger partial charge in [-0.2, -0.15) is 0 Å². The fourth-order valence-electron chi connectivity index (χ4n) is 4.34. The first kappa shape index (κ1) is 23.8. The van der Waals surface area contributed by atoms with Crippen LogP contribution in [0.4, 0.5) is 11.6 Å². The van der Waals surface area contributed by atoms with Crippen molar-refractivity contribution >= 4 is 29.1 Å². The van der Waals surface area contributed by atoms with Crippen molar-refractivity contribution in [3.8, 4) is 11.3 Å². The molecule has 0 aromatic carbocycles. The highest BCUT2D eigenvalue weighted by molar-refractivity contribution is 6.33. The summed E-state index contributed by atoms with van der Waals surface area (Å²) in [6, 6.07) is 1.72. The number of aromatic nitrogens is 3. The van der Waals surface area contributed by atoms with Crippen LogP contribution in [0.2, 0.25) is 5.02 Å². The normalized spacial score (nSPS) is 25.8. The third-order valence-electron chi connectivity index (χ3n) is 5.89. The maximum Gasteiger partial charge on any atom is 0.232 e. The molecule has 3 unspecified atom stereocenters. The van der Waals surface area contributed by atoms with Gasteiger partial charge < -0.3 is 25.4 Å². The van der Waals surface area contributed by atoms with E-state index in [4.69, 9.17) is 21.1 Å². The van der Waals surface area contributed by atoms with Crippen LogP contribution in [0, 0.1) is 11.8 Å². The van der Waals surface area contributed by atoms with E-state index in [2.05, 4.69) is 44.7 Å². The minimum absolute atomic E-state index is 0.147. The van der Waals surface area contributed by atoms with Crippen LogP contribution in [-0.2, 0) is 14.3 Å². The lowest BCUT2D eigenvalue weighted by molar-refractivity contribution is -0.121. The Kier molecular flexibility index (Phi) is 8.08. The Bertz CT molecular complexity index is 944. The van der Waals surface area contributed by atoms with Crippen molar-refractivity contribution in [1.82, 2.24) is 20.3 Å². The van der Waals surface area contributed by atoms with Crippen molar-refractivity contribution < 1.29 is 14.3 Å². The van der Waals surface area contributed by atoms with Gasteiger partial charge in [0, 0.05) is 31.4 Å². The molecule has 0 aliphatic carbocycles. The van der Waals surface area contributed by atoms with Crippen molar-refractivity contribution in [2.45, 2.75) is 38.9 Å². The summed E-state index contributed by atoms with van der Waals surface area (Å²) in [6.45, 7) is 7.32. The minimum Gasteiger partial charge on any atom is -0.379 e. The van der Waals surface area contributed by atoms with Gasteiger partial charge in [0.15, 0.2) is 0 Å². The van der Waals surface area contributed by atoms with Gasteiger partial charge in [-0.1, -0.05) is 11.6 Å². The number of carbonyl (C=O) groups is 1. The first-order valence-electron chi connectivity index (χ1n) is 11.4. The summed E-state index contributed by atoms with van der Waals surface area (Å²) in [5.41, 5.74) is 1.26. The molecule has 0 saturated carbocycles. The quantitative estimate of drug-likeness (QED) is 0.586. The van der Waals surface area contributed by atoms with Crippen LogP contribution in [-0.4, -0.2) is 65.9 Å². The second-order valence-corrected chi connectivity index (χ2v) is 9.19. The third-order valence-corrected chi connectivity index (χ3v) is 6.19. The Morgan fingerprint density at radius 3 is 2.85 bits per heavy atom. The van der Waals surface area contributed by atoms with Gasteiger partial charge >= 0.3 is 0 Å². The number of ether oxygens (including phenoxy) is 2. The van der Waals surface area contributed by atoms with Crippen molar-refractivity contribution in [3.05, 3.63) is 29.7 Å². The molecular formula is C23H31ClN6O3. The number of pyridine rings is 1. The van der Waals surface area contributed by atoms with Crippen molar-refractivity contribution in [2.24, 2.45) is 11.8 Å². The smallest absolute Gasteiger partial charge is 0.232 e. The fourth-order valence-corrected chi connectivity index (χ4v) is 4.54. The summed E-state index contributed by atoms with van der Waals surface area (Å²) in [5.74, 6) is 1.18. The van der Waals surface area contributed by atoms with Crippen molar-refractivity contribution in [3.63, 3.8) is 0 Å². The van der Waals surface area contributed by atoms with Gasteiger partial charge in [-0.15, -0.1) is 0 Å². The van der Waals surface area contributed by atoms with Crippen molar-refractivity contribution in [1.29, 1.82) is 0 Å². The molecule has 0 radical (unpaired) electrons. The SMILES string of the molecule is CC1CC(CNc2cncc(-c3cc(NC(=O)C4CNCCOC4)ncc3Cl)n2)CC(C)O1. The number of anilines is 2. The minimum atomic E-state index is -0.281. The van der Waals surface area contributed by atoms with E-state index in [1.807, 2.05) is 0 Å². The van der Waals surface area contributed by atoms with Gasteiger partial charge in [0.2, 0.25) is 5.91 Å². The van der Waals surface area contributed by atoms with Crippen LogP contribution in [0.3, 0.4) is 0 Å². The van der Waals surface area contributed by atoms with Crippen LogP contribution in [0.5, 0.6) is 0 Å². The van der Waals surface area contributed by atoms with Crippen molar-refractivity contribution in [2.75, 3.05) is 43.5 Å². The molecule has 3 atom stereocenters. The zero-order valence-electron chi connectivity index (χ0n) is 19.0. The van der Waals surface area contributed by atoms with Gasteiger partial charge in [-0.05, 0) is 38.7 Å². The molecule has 2 aromatic heterocycles. The molecular weight excluding hydrogens is 444 g/mol. The monoisotopic (exact) mass is 474 g/mol. The second-order valence-electron chi connectivity index (χ2n) is 8.78. The lowest BCUT2D eigenvalue weighted by Crippen LogP contribution is -2.33. The lowest BCUT2D eigenvalue weighted by Gasteiger charge is -2.32. The average Bonchev–Trinajstić information content (AvgIpc) is 3.08. The van der Waals surface area contributed by atoms with E-state index >= 15 is 0 Å². The van der Waals surface area contributed by atoms with Gasteiger partial charge in [0.1, 0.15) is 11.6 Å². The van der Waals surface area contributed by atoms with Gasteiger partial charge in [0.05, 0.1) is 54.4 Å². The number of nitrogens with one attached hydrogen (secondary N) is 3. The molecule has 2 fully saturated rings. The summed E-state index contributed by atoms with van der Waals surface area (Å²) in [5, 5.41) is 9.90. The molecule has 2 aromatic rings. The first-order chi connectivity index (χ1) is 16.0. The van der Waals surface area contributed by atoms with Crippen LogP contribution in [0.25, 0.3) is 11.3 Å². The predicted molar refractivity (Wildman–Crippen MR) is 127 cm³/mol. The summed E-state index contributed by atoms with van der Waals surface area (Å²) in [4.78, 5) is 25.9. The molecule has 2 saturated heterocycles. The number of carbonyl (C=O) groups excluding carboxylic acids is 1. The zero-order valence-corrected chi connectivity index (χ0v) is 19.8. The maximum absolute atomic E-state index is 12.6. The van der Waals surface area contributed by atoms with E-state index in [-0.39, 0.29) is 24.0 Å². The van der Waals surface area contributed by atoms with E-state index < -0.39 is 0 Å². The number of rotatable bonds is 6. The van der Waals surface area contributed by atoms with E-state index in [1.165, 1.54) is 6.20 Å². The summed E-state index contributed by atoms with van der Waals surface area (Å²) in [7, 11) is 0. The number of nitrogens with zero attached hydrogens (tertiary/aromatic N) is 3. The average molecular weight is 475 g/mol. The number of halogens is 1. The van der Waals surface area contributed by atoms with Crippen LogP contribution in [0.1, 0.15) is 26.7 Å². The standard InChI is InChI=1S/C23H31ClN6O3/c1-14-5-16(6-15(2)33-14)8-27-22-12-26-11-20(29-22)18-7-21(28-10-19(18)24)30-23(31)17-9-25-3-4-32-13-17/h7,10-12,14-17,25H,3-6,8-9,13H2,1-2H3,(H,27,29)(H,28,30,31). The second kappa shape index (κ2) is 11.2. The van der Waals surface area contributed by atoms with E-state index in [0.29, 0.717) is 53.6 Å². The molecule has 0 bridgehead atoms. The van der Waals surface area contributed by atoms with E-state index in [0.717, 1.165) is 25.9 Å². The van der Waals surface area contributed by atoms with Crippen LogP contribution >= 0.6 is 11.6 Å². The molecule has 4 heterocycles. The van der Waals surface area contributed by atoms with E-state index in [9.17, 15) is 4.79 Å². The highest BCUT2D eigenvalue weighted by Crippen LogP contribution is 2.29. The molecule has 1 amide bonds. The molecule has 4 rings (SSSR count). The molecule has 9 nitrogen and oxygen atoms in total. The Morgan fingerprint density at radius 2 is 2.03 bits per heavy atom. The third kappa shape index (κ3) is 6.60. The largest absolute Gasteiger partial charge is 0.379 e. The van der Waals surface area contributed by atoms with Gasteiger partial charge in [0.25, 0.3) is 0 Å². The molecule has 3 N–H and O–H groups in total. The number of hydrogen-bond donors (Lipinski definition) is 3. The number of amides is 1. The van der Waals surface area contributed by atoms with E-state index in [1.54, 1.807) is 18.5 Å². The summed E-state index contributed by atoms with van der Waals surface area (Å²) >= 11 is 6.41. The number of hydrogen-bond acceptors (Lipinski definition) is 8. The zero-order chi connectivity index (χ0) is 23.2. The first-order valence-corrected chi connectivity index (χ1v) is 11.8. The molecule has 2 aliphatic rings. The van der Waals surface area contributed by atoms with Crippen LogP contribution < -0.4 is 16.0 Å². The Balaban J connectivity index is 1.43. The van der Waals surface area contributed by atoms with Gasteiger partial charge in [-0.3, -0.25) is 9.78 Å². The lowest BCUT2D eigenvalue weighted by atomic mass is 9.92. The summed E-state index contributed by atoms with van der Waals surface area (Å²) < 4.78 is 11.3. The highest BCUT2D eigenvalue weighted by Gasteiger charge is 2.24. The summed E-state index contributed by atoms with van der Waals surface area (Å²) in [6.07, 6.45) is 7.44. The molecule has 2 aliphatic heterocycles. The van der Waals surface area contributed by atoms with Crippen LogP contribution in [0.15, 0.2) is 24.7 Å². The Labute approximate surface area is 199 Å². The Morgan fingerprint density at radius 1 is 1.21 bits per heavy atom. The fraction of sp³-hybridized carbons (Fsp3) is 0.565. The topological polar surface area (TPSA) is 110 Å². The Hall–Kier alpha value is -2.33.